The number of pyridine rings is 1. The molecule has 28 heavy (non-hydrogen) atoms. The number of thioether (sulfide) groups is 1. The molecule has 2 aliphatic heterocycles. The topological polar surface area (TPSA) is 109 Å². The minimum absolute atomic E-state index is 0.583. The fraction of sp³-hybridized carbons (Fsp3) is 0.500. The van der Waals surface area contributed by atoms with E-state index in [2.05, 4.69) is 5.32 Å². The van der Waals surface area contributed by atoms with Gasteiger partial charge in [0.25, 0.3) is 5.56 Å². The van der Waals surface area contributed by atoms with Gasteiger partial charge >= 0.3 is 12.1 Å². The summed E-state index contributed by atoms with van der Waals surface area (Å²) in [6.07, 6.45) is -3.81. The molecule has 0 spiro atoms. The van der Waals surface area contributed by atoms with E-state index in [0.717, 1.165) is 12.3 Å². The lowest BCUT2D eigenvalue weighted by atomic mass is 9.96. The molecule has 0 aromatic carbocycles. The monoisotopic (exact) mass is 419 g/mol. The normalized spacial score (nSPS) is 25.8. The standard InChI is InChI=1S/C16H16F3N3O5S/c1-15(2)10(14(26)27)22-12(25)9(13(22)28-15)20-8(23)6-21-5-3-4-7(11(21)24)16(17,18)19/h3-5,9-10,13H,6H2,1-2H3,(H,20,23)(H,26,27)/t9?,10-,13+/m0/s1. The van der Waals surface area contributed by atoms with Gasteiger partial charge in [0, 0.05) is 10.9 Å². The Labute approximate surface area is 160 Å². The summed E-state index contributed by atoms with van der Waals surface area (Å²) in [4.78, 5) is 49.0. The maximum atomic E-state index is 12.8. The molecular formula is C16H16F3N3O5S. The van der Waals surface area contributed by atoms with E-state index in [0.29, 0.717) is 10.6 Å². The number of halogens is 3. The van der Waals surface area contributed by atoms with Gasteiger partial charge in [-0.3, -0.25) is 14.4 Å². The Bertz CT molecular complexity index is 914. The number of β-lactam (4-membered cyclic amide) rings is 1. The van der Waals surface area contributed by atoms with Gasteiger partial charge in [0.05, 0.1) is 0 Å². The van der Waals surface area contributed by atoms with Crippen LogP contribution in [-0.2, 0) is 27.1 Å². The highest BCUT2D eigenvalue weighted by molar-refractivity contribution is 8.01. The first kappa shape index (κ1) is 20.2. The predicted molar refractivity (Wildman–Crippen MR) is 91.4 cm³/mol. The molecule has 152 valence electrons. The van der Waals surface area contributed by atoms with Gasteiger partial charge in [-0.2, -0.15) is 13.2 Å². The smallest absolute Gasteiger partial charge is 0.421 e. The molecule has 0 radical (unpaired) electrons. The number of alkyl halides is 3. The van der Waals surface area contributed by atoms with E-state index in [9.17, 15) is 37.5 Å². The number of aromatic nitrogens is 1. The number of rotatable bonds is 4. The van der Waals surface area contributed by atoms with E-state index >= 15 is 0 Å². The number of nitrogens with one attached hydrogen (secondary N) is 1. The van der Waals surface area contributed by atoms with Gasteiger partial charge in [-0.15, -0.1) is 11.8 Å². The maximum absolute atomic E-state index is 12.8. The van der Waals surface area contributed by atoms with Crippen LogP contribution in [0.25, 0.3) is 0 Å². The predicted octanol–water partition coefficient (Wildman–Crippen LogP) is 0.499. The maximum Gasteiger partial charge on any atom is 0.421 e. The molecule has 2 N–H and O–H groups in total. The zero-order valence-corrected chi connectivity index (χ0v) is 15.5. The first-order valence-corrected chi connectivity index (χ1v) is 9.01. The third-order valence-corrected chi connectivity index (χ3v) is 6.20. The highest BCUT2D eigenvalue weighted by Gasteiger charge is 2.64. The Morgan fingerprint density at radius 2 is 1.96 bits per heavy atom. The Morgan fingerprint density at radius 3 is 2.54 bits per heavy atom. The highest BCUT2D eigenvalue weighted by atomic mass is 32.2. The number of fused-ring (bicyclic) bond motifs is 1. The summed E-state index contributed by atoms with van der Waals surface area (Å²) in [5, 5.41) is 11.1. The number of nitrogens with zero attached hydrogens (tertiary/aromatic N) is 2. The summed E-state index contributed by atoms with van der Waals surface area (Å²) in [5.41, 5.74) is -2.76. The van der Waals surface area contributed by atoms with Gasteiger partial charge in [0.2, 0.25) is 11.8 Å². The Balaban J connectivity index is 1.72. The van der Waals surface area contributed by atoms with Crippen LogP contribution in [0.5, 0.6) is 0 Å². The van der Waals surface area contributed by atoms with Crippen LogP contribution in [0.3, 0.4) is 0 Å². The Morgan fingerprint density at radius 1 is 1.32 bits per heavy atom. The van der Waals surface area contributed by atoms with Gasteiger partial charge in [-0.1, -0.05) is 0 Å². The summed E-state index contributed by atoms with van der Waals surface area (Å²) in [6, 6.07) is -0.426. The molecule has 3 rings (SSSR count). The van der Waals surface area contributed by atoms with Gasteiger partial charge in [0.15, 0.2) is 0 Å². The van der Waals surface area contributed by atoms with E-state index in [1.807, 2.05) is 0 Å². The molecule has 1 unspecified atom stereocenters. The number of carboxylic acid groups (broad SMARTS) is 1. The van der Waals surface area contributed by atoms with Crippen LogP contribution < -0.4 is 10.9 Å². The van der Waals surface area contributed by atoms with E-state index in [1.54, 1.807) is 13.8 Å². The highest BCUT2D eigenvalue weighted by Crippen LogP contribution is 2.50. The van der Waals surface area contributed by atoms with E-state index < -0.39 is 63.8 Å². The molecule has 2 amide bonds. The second kappa shape index (κ2) is 6.54. The second-order valence-corrected chi connectivity index (χ2v) is 8.77. The lowest BCUT2D eigenvalue weighted by Gasteiger charge is -2.43. The summed E-state index contributed by atoms with van der Waals surface area (Å²) >= 11 is 1.22. The molecule has 0 aliphatic carbocycles. The van der Waals surface area contributed by atoms with Crippen molar-refractivity contribution in [1.82, 2.24) is 14.8 Å². The minimum atomic E-state index is -4.85. The SMILES string of the molecule is CC1(C)S[C@@H]2C(NC(=O)Cn3cccc(C(F)(F)F)c3=O)C(=O)N2[C@H]1C(=O)O. The third-order valence-electron chi connectivity index (χ3n) is 4.63. The summed E-state index contributed by atoms with van der Waals surface area (Å²) in [7, 11) is 0. The average Bonchev–Trinajstić information content (AvgIpc) is 2.82. The molecular weight excluding hydrogens is 403 g/mol. The Hall–Kier alpha value is -2.50. The zero-order valence-electron chi connectivity index (χ0n) is 14.7. The molecule has 1 aromatic heterocycles. The van der Waals surface area contributed by atoms with Crippen molar-refractivity contribution >= 4 is 29.5 Å². The lowest BCUT2D eigenvalue weighted by molar-refractivity contribution is -0.161. The lowest BCUT2D eigenvalue weighted by Crippen LogP contribution is -2.70. The molecule has 8 nitrogen and oxygen atoms in total. The van der Waals surface area contributed by atoms with Crippen molar-refractivity contribution in [2.24, 2.45) is 0 Å². The molecule has 0 saturated carbocycles. The fourth-order valence-corrected chi connectivity index (χ4v) is 5.02. The molecule has 1 aromatic rings. The quantitative estimate of drug-likeness (QED) is 0.688. The fourth-order valence-electron chi connectivity index (χ4n) is 3.40. The number of amides is 2. The summed E-state index contributed by atoms with van der Waals surface area (Å²) in [5.74, 6) is -2.56. The molecule has 3 heterocycles. The van der Waals surface area contributed by atoms with Crippen LogP contribution in [0.4, 0.5) is 13.2 Å². The van der Waals surface area contributed by atoms with Crippen LogP contribution in [-0.4, -0.2) is 54.6 Å². The first-order chi connectivity index (χ1) is 12.8. The van der Waals surface area contributed by atoms with Crippen LogP contribution >= 0.6 is 11.8 Å². The second-order valence-electron chi connectivity index (χ2n) is 7.00. The van der Waals surface area contributed by atoms with Gasteiger partial charge in [-0.25, -0.2) is 4.79 Å². The Kier molecular flexibility index (Phi) is 4.72. The van der Waals surface area contributed by atoms with Crippen molar-refractivity contribution in [3.63, 3.8) is 0 Å². The van der Waals surface area contributed by atoms with Crippen LogP contribution in [0.2, 0.25) is 0 Å². The molecule has 0 bridgehead atoms. The van der Waals surface area contributed by atoms with Crippen molar-refractivity contribution in [2.45, 2.75) is 48.8 Å². The van der Waals surface area contributed by atoms with Crippen LogP contribution in [0.1, 0.15) is 19.4 Å². The van der Waals surface area contributed by atoms with Gasteiger partial charge in [-0.05, 0) is 26.0 Å². The number of carbonyl (C=O) groups excluding carboxylic acids is 2. The van der Waals surface area contributed by atoms with E-state index in [1.165, 1.54) is 16.7 Å². The molecule has 12 heteroatoms. The number of hydrogen-bond donors (Lipinski definition) is 2. The molecule has 2 saturated heterocycles. The number of carbonyl (C=O) groups is 3. The van der Waals surface area contributed by atoms with Gasteiger partial charge in [0.1, 0.15) is 29.6 Å². The number of hydrogen-bond acceptors (Lipinski definition) is 5. The van der Waals surface area contributed by atoms with Crippen molar-refractivity contribution in [3.05, 3.63) is 34.2 Å². The largest absolute Gasteiger partial charge is 0.480 e. The molecule has 2 aliphatic rings. The number of aliphatic carboxylic acids is 1. The van der Waals surface area contributed by atoms with E-state index in [4.69, 9.17) is 0 Å². The molecule has 2 fully saturated rings. The van der Waals surface area contributed by atoms with Gasteiger partial charge < -0.3 is 19.9 Å². The van der Waals surface area contributed by atoms with Crippen LogP contribution in [0.15, 0.2) is 23.1 Å². The van der Waals surface area contributed by atoms with Crippen molar-refractivity contribution in [3.8, 4) is 0 Å². The third kappa shape index (κ3) is 3.25. The summed E-state index contributed by atoms with van der Waals surface area (Å²) < 4.78 is 38.2. The zero-order chi connectivity index (χ0) is 21.0. The van der Waals surface area contributed by atoms with Crippen LogP contribution in [0, 0.1) is 0 Å². The first-order valence-electron chi connectivity index (χ1n) is 8.13. The molecule has 3 atom stereocenters. The number of carboxylic acids is 1. The van der Waals surface area contributed by atoms with Crippen molar-refractivity contribution < 1.29 is 32.7 Å². The van der Waals surface area contributed by atoms with Crippen molar-refractivity contribution in [1.29, 1.82) is 0 Å². The van der Waals surface area contributed by atoms with Crippen molar-refractivity contribution in [2.75, 3.05) is 0 Å². The average molecular weight is 419 g/mol. The van der Waals surface area contributed by atoms with E-state index in [-0.39, 0.29) is 0 Å². The minimum Gasteiger partial charge on any atom is -0.480 e. The summed E-state index contributed by atoms with van der Waals surface area (Å²) in [6.45, 7) is 2.64.